The Morgan fingerprint density at radius 1 is 1.47 bits per heavy atom. The molecule has 0 radical (unpaired) electrons. The van der Waals surface area contributed by atoms with Gasteiger partial charge >= 0.3 is 0 Å². The Hall–Kier alpha value is -0.450. The minimum Gasteiger partial charge on any atom is -0.390 e. The zero-order chi connectivity index (χ0) is 11.6. The Morgan fingerprint density at radius 2 is 2.07 bits per heavy atom. The van der Waals surface area contributed by atoms with E-state index in [9.17, 15) is 14.6 Å². The van der Waals surface area contributed by atoms with Gasteiger partial charge in [-0.2, -0.15) is 0 Å². The van der Waals surface area contributed by atoms with Crippen molar-refractivity contribution in [3.05, 3.63) is 34.1 Å². The van der Waals surface area contributed by atoms with Crippen molar-refractivity contribution in [3.63, 3.8) is 0 Å². The molecular formula is C11H14BrFO2. The molecule has 0 aliphatic carbocycles. The molecule has 84 valence electrons. The lowest BCUT2D eigenvalue weighted by Gasteiger charge is -2.24. The third-order valence-electron chi connectivity index (χ3n) is 2.24. The number of halogens is 2. The number of aliphatic hydroxyl groups excluding tert-OH is 1. The fourth-order valence-electron chi connectivity index (χ4n) is 1.16. The standard InChI is InChI=1S/C11H14BrFO2/c1-11(2,15)10(14)6-7-5-8(12)3-4-9(7)13/h3-5,10,14-15H,6H2,1-2H3. The van der Waals surface area contributed by atoms with Crippen molar-refractivity contribution >= 4 is 15.9 Å². The van der Waals surface area contributed by atoms with Crippen molar-refractivity contribution in [1.29, 1.82) is 0 Å². The molecule has 0 amide bonds. The first-order chi connectivity index (χ1) is 6.80. The molecule has 1 aromatic rings. The van der Waals surface area contributed by atoms with Crippen LogP contribution in [0.2, 0.25) is 0 Å². The maximum atomic E-state index is 13.3. The summed E-state index contributed by atoms with van der Waals surface area (Å²) in [5, 5.41) is 19.1. The number of aliphatic hydroxyl groups is 2. The highest BCUT2D eigenvalue weighted by atomic mass is 79.9. The van der Waals surface area contributed by atoms with Gasteiger partial charge in [-0.05, 0) is 37.6 Å². The minimum absolute atomic E-state index is 0.0920. The summed E-state index contributed by atoms with van der Waals surface area (Å²) in [6.45, 7) is 2.99. The van der Waals surface area contributed by atoms with Crippen LogP contribution in [0.1, 0.15) is 19.4 Å². The van der Waals surface area contributed by atoms with E-state index in [1.54, 1.807) is 12.1 Å². The quantitative estimate of drug-likeness (QED) is 0.889. The van der Waals surface area contributed by atoms with Crippen LogP contribution in [0.3, 0.4) is 0 Å². The number of hydrogen-bond acceptors (Lipinski definition) is 2. The molecule has 1 unspecified atom stereocenters. The second-order valence-corrected chi connectivity index (χ2v) is 5.02. The Labute approximate surface area is 96.9 Å². The van der Waals surface area contributed by atoms with Crippen LogP contribution in [-0.2, 0) is 6.42 Å². The molecule has 4 heteroatoms. The largest absolute Gasteiger partial charge is 0.390 e. The van der Waals surface area contributed by atoms with E-state index in [0.717, 1.165) is 4.47 Å². The van der Waals surface area contributed by atoms with Gasteiger partial charge < -0.3 is 10.2 Å². The van der Waals surface area contributed by atoms with E-state index < -0.39 is 11.7 Å². The Balaban J connectivity index is 2.85. The molecule has 0 fully saturated rings. The summed E-state index contributed by atoms with van der Waals surface area (Å²) in [4.78, 5) is 0. The average molecular weight is 277 g/mol. The summed E-state index contributed by atoms with van der Waals surface area (Å²) < 4.78 is 14.1. The molecule has 1 atom stereocenters. The highest BCUT2D eigenvalue weighted by Crippen LogP contribution is 2.20. The van der Waals surface area contributed by atoms with Crippen LogP contribution in [0, 0.1) is 5.82 Å². The van der Waals surface area contributed by atoms with Gasteiger partial charge in [0.2, 0.25) is 0 Å². The zero-order valence-corrected chi connectivity index (χ0v) is 10.3. The Bertz CT molecular complexity index is 347. The molecule has 15 heavy (non-hydrogen) atoms. The van der Waals surface area contributed by atoms with Crippen LogP contribution in [-0.4, -0.2) is 21.9 Å². The van der Waals surface area contributed by atoms with Crippen LogP contribution in [0.15, 0.2) is 22.7 Å². The van der Waals surface area contributed by atoms with Gasteiger partial charge in [-0.1, -0.05) is 15.9 Å². The summed E-state index contributed by atoms with van der Waals surface area (Å²) in [6.07, 6.45) is -0.893. The van der Waals surface area contributed by atoms with E-state index in [0.29, 0.717) is 5.56 Å². The number of benzene rings is 1. The fourth-order valence-corrected chi connectivity index (χ4v) is 1.57. The van der Waals surface area contributed by atoms with Crippen molar-refractivity contribution in [1.82, 2.24) is 0 Å². The van der Waals surface area contributed by atoms with E-state index in [1.165, 1.54) is 19.9 Å². The summed E-state index contributed by atoms with van der Waals surface area (Å²) in [7, 11) is 0. The van der Waals surface area contributed by atoms with Crippen molar-refractivity contribution < 1.29 is 14.6 Å². The molecular weight excluding hydrogens is 263 g/mol. The van der Waals surface area contributed by atoms with Gasteiger partial charge in [-0.3, -0.25) is 0 Å². The molecule has 0 saturated carbocycles. The zero-order valence-electron chi connectivity index (χ0n) is 8.67. The molecule has 0 bridgehead atoms. The van der Waals surface area contributed by atoms with Crippen LogP contribution in [0.25, 0.3) is 0 Å². The summed E-state index contributed by atoms with van der Waals surface area (Å²) in [6, 6.07) is 4.52. The first-order valence-electron chi connectivity index (χ1n) is 4.65. The molecule has 0 aromatic heterocycles. The van der Waals surface area contributed by atoms with Gasteiger partial charge in [0.05, 0.1) is 11.7 Å². The van der Waals surface area contributed by atoms with Gasteiger partial charge in [-0.25, -0.2) is 4.39 Å². The van der Waals surface area contributed by atoms with Crippen molar-refractivity contribution in [2.45, 2.75) is 32.0 Å². The van der Waals surface area contributed by atoms with Gasteiger partial charge in [-0.15, -0.1) is 0 Å². The van der Waals surface area contributed by atoms with Crippen LogP contribution in [0.5, 0.6) is 0 Å². The first-order valence-corrected chi connectivity index (χ1v) is 5.44. The first kappa shape index (κ1) is 12.6. The minimum atomic E-state index is -1.23. The fraction of sp³-hybridized carbons (Fsp3) is 0.455. The Morgan fingerprint density at radius 3 is 2.60 bits per heavy atom. The molecule has 2 nitrogen and oxygen atoms in total. The topological polar surface area (TPSA) is 40.5 Å². The van der Waals surface area contributed by atoms with Crippen LogP contribution in [0.4, 0.5) is 4.39 Å². The van der Waals surface area contributed by atoms with Gasteiger partial charge in [0, 0.05) is 10.9 Å². The van der Waals surface area contributed by atoms with E-state index in [1.807, 2.05) is 0 Å². The van der Waals surface area contributed by atoms with Crippen molar-refractivity contribution in [2.24, 2.45) is 0 Å². The van der Waals surface area contributed by atoms with E-state index in [4.69, 9.17) is 0 Å². The molecule has 0 saturated heterocycles. The summed E-state index contributed by atoms with van der Waals surface area (Å²) >= 11 is 3.23. The average Bonchev–Trinajstić information content (AvgIpc) is 2.09. The predicted molar refractivity (Wildman–Crippen MR) is 60.1 cm³/mol. The lowest BCUT2D eigenvalue weighted by molar-refractivity contribution is -0.0472. The molecule has 0 aliphatic rings. The van der Waals surface area contributed by atoms with E-state index in [2.05, 4.69) is 15.9 Å². The molecule has 0 heterocycles. The third kappa shape index (κ3) is 3.55. The smallest absolute Gasteiger partial charge is 0.126 e. The van der Waals surface area contributed by atoms with Crippen molar-refractivity contribution in [2.75, 3.05) is 0 Å². The molecule has 1 aromatic carbocycles. The maximum absolute atomic E-state index is 13.3. The molecule has 2 N–H and O–H groups in total. The third-order valence-corrected chi connectivity index (χ3v) is 2.73. The van der Waals surface area contributed by atoms with E-state index >= 15 is 0 Å². The second kappa shape index (κ2) is 4.60. The maximum Gasteiger partial charge on any atom is 0.126 e. The molecule has 1 rings (SSSR count). The van der Waals surface area contributed by atoms with Gasteiger partial charge in [0.15, 0.2) is 0 Å². The summed E-state index contributed by atoms with van der Waals surface area (Å²) in [5.41, 5.74) is -0.839. The van der Waals surface area contributed by atoms with E-state index in [-0.39, 0.29) is 12.2 Å². The van der Waals surface area contributed by atoms with Gasteiger partial charge in [0.1, 0.15) is 5.82 Å². The summed E-state index contributed by atoms with van der Waals surface area (Å²) in [5.74, 6) is -0.374. The molecule has 0 aliphatic heterocycles. The second-order valence-electron chi connectivity index (χ2n) is 4.11. The Kier molecular flexibility index (Phi) is 3.87. The van der Waals surface area contributed by atoms with Crippen LogP contribution < -0.4 is 0 Å². The molecule has 0 spiro atoms. The van der Waals surface area contributed by atoms with Gasteiger partial charge in [0.25, 0.3) is 0 Å². The lowest BCUT2D eigenvalue weighted by atomic mass is 9.95. The monoisotopic (exact) mass is 276 g/mol. The number of hydrogen-bond donors (Lipinski definition) is 2. The highest BCUT2D eigenvalue weighted by molar-refractivity contribution is 9.10. The lowest BCUT2D eigenvalue weighted by Crippen LogP contribution is -2.37. The van der Waals surface area contributed by atoms with Crippen molar-refractivity contribution in [3.8, 4) is 0 Å². The number of rotatable bonds is 3. The SMILES string of the molecule is CC(C)(O)C(O)Cc1cc(Br)ccc1F. The highest BCUT2D eigenvalue weighted by Gasteiger charge is 2.25. The predicted octanol–water partition coefficient (Wildman–Crippen LogP) is 2.26. The van der Waals surface area contributed by atoms with Crippen LogP contribution >= 0.6 is 15.9 Å². The normalized spacial score (nSPS) is 14.0.